The first kappa shape index (κ1) is 13.0. The molecular weight excluding hydrogens is 326 g/mol. The van der Waals surface area contributed by atoms with E-state index < -0.39 is 5.97 Å². The highest BCUT2D eigenvalue weighted by molar-refractivity contribution is 9.11. The first-order chi connectivity index (χ1) is 9.56. The Morgan fingerprint density at radius 1 is 1.50 bits per heavy atom. The summed E-state index contributed by atoms with van der Waals surface area (Å²) >= 11 is 3.35. The van der Waals surface area contributed by atoms with E-state index in [2.05, 4.69) is 25.9 Å². The zero-order valence-corrected chi connectivity index (χ0v) is 11.9. The van der Waals surface area contributed by atoms with Crippen molar-refractivity contribution in [3.05, 3.63) is 40.4 Å². The van der Waals surface area contributed by atoms with Gasteiger partial charge >= 0.3 is 5.97 Å². The van der Waals surface area contributed by atoms with Gasteiger partial charge in [0.25, 0.3) is 5.91 Å². The minimum absolute atomic E-state index is 0.0207. The fourth-order valence-corrected chi connectivity index (χ4v) is 2.71. The Hall–Kier alpha value is -2.02. The maximum Gasteiger partial charge on any atom is 0.303 e. The zero-order valence-electron chi connectivity index (χ0n) is 10.3. The van der Waals surface area contributed by atoms with Crippen LogP contribution in [-0.4, -0.2) is 32.2 Å². The van der Waals surface area contributed by atoms with E-state index in [4.69, 9.17) is 5.11 Å². The van der Waals surface area contributed by atoms with E-state index in [1.165, 1.54) is 6.20 Å². The summed E-state index contributed by atoms with van der Waals surface area (Å²) in [7, 11) is 0. The second-order valence-corrected chi connectivity index (χ2v) is 5.41. The van der Waals surface area contributed by atoms with Crippen molar-refractivity contribution in [2.75, 3.05) is 0 Å². The number of carboxylic acid groups (broad SMARTS) is 1. The molecule has 1 aromatic rings. The fourth-order valence-electron chi connectivity index (χ4n) is 2.32. The lowest BCUT2D eigenvalue weighted by Gasteiger charge is -2.25. The Morgan fingerprint density at radius 2 is 2.30 bits per heavy atom. The van der Waals surface area contributed by atoms with Crippen LogP contribution in [0.1, 0.15) is 28.8 Å². The van der Waals surface area contributed by atoms with Gasteiger partial charge in [-0.05, 0) is 12.2 Å². The number of carbonyl (C=O) groups excluding carboxylic acids is 1. The highest BCUT2D eigenvalue weighted by Crippen LogP contribution is 2.29. The number of imidazole rings is 1. The van der Waals surface area contributed by atoms with Gasteiger partial charge in [-0.2, -0.15) is 0 Å². The average Bonchev–Trinajstić information content (AvgIpc) is 2.80. The van der Waals surface area contributed by atoms with Crippen molar-refractivity contribution >= 4 is 33.5 Å². The Morgan fingerprint density at radius 3 is 3.05 bits per heavy atom. The van der Waals surface area contributed by atoms with Gasteiger partial charge in [0.05, 0.1) is 24.4 Å². The van der Waals surface area contributed by atoms with E-state index in [9.17, 15) is 9.59 Å². The molecule has 102 valence electrons. The smallest absolute Gasteiger partial charge is 0.303 e. The van der Waals surface area contributed by atoms with Gasteiger partial charge in [-0.3, -0.25) is 9.59 Å². The zero-order chi connectivity index (χ0) is 14.3. The predicted octanol–water partition coefficient (Wildman–Crippen LogP) is 1.88. The summed E-state index contributed by atoms with van der Waals surface area (Å²) in [6.45, 7) is 0. The molecule has 2 heterocycles. The molecule has 1 N–H and O–H groups in total. The van der Waals surface area contributed by atoms with E-state index in [0.717, 1.165) is 4.48 Å². The molecule has 1 unspecified atom stereocenters. The molecule has 3 rings (SSSR count). The molecular formula is C13H10BrN3O3. The van der Waals surface area contributed by atoms with Crippen LogP contribution < -0.4 is 0 Å². The van der Waals surface area contributed by atoms with Crippen molar-refractivity contribution in [2.45, 2.75) is 18.9 Å². The molecule has 20 heavy (non-hydrogen) atoms. The van der Waals surface area contributed by atoms with Gasteiger partial charge in [-0.1, -0.05) is 22.0 Å². The number of halogens is 1. The molecule has 1 aliphatic carbocycles. The topological polar surface area (TPSA) is 84.5 Å². The summed E-state index contributed by atoms with van der Waals surface area (Å²) in [6.07, 6.45) is 7.29. The van der Waals surface area contributed by atoms with Gasteiger partial charge in [0.2, 0.25) is 0 Å². The van der Waals surface area contributed by atoms with Crippen molar-refractivity contribution in [2.24, 2.45) is 4.99 Å². The maximum atomic E-state index is 12.0. The van der Waals surface area contributed by atoms with Crippen LogP contribution in [-0.2, 0) is 11.2 Å². The number of nitrogens with zero attached hydrogens (tertiary/aromatic N) is 3. The van der Waals surface area contributed by atoms with Gasteiger partial charge in [-0.15, -0.1) is 0 Å². The molecule has 7 heteroatoms. The first-order valence-corrected chi connectivity index (χ1v) is 6.82. The van der Waals surface area contributed by atoms with Crippen LogP contribution in [0.2, 0.25) is 0 Å². The number of hydrogen-bond donors (Lipinski definition) is 1. The predicted molar refractivity (Wildman–Crippen MR) is 75.1 cm³/mol. The van der Waals surface area contributed by atoms with E-state index in [1.54, 1.807) is 10.6 Å². The second-order valence-electron chi connectivity index (χ2n) is 4.50. The van der Waals surface area contributed by atoms with Gasteiger partial charge in [-0.25, -0.2) is 9.98 Å². The normalized spacial score (nSPS) is 20.1. The molecule has 1 atom stereocenters. The van der Waals surface area contributed by atoms with Gasteiger partial charge < -0.3 is 9.67 Å². The van der Waals surface area contributed by atoms with E-state index in [0.29, 0.717) is 17.2 Å². The monoisotopic (exact) mass is 335 g/mol. The van der Waals surface area contributed by atoms with Crippen molar-refractivity contribution in [1.82, 2.24) is 9.55 Å². The number of carbonyl (C=O) groups is 2. The number of fused-ring (bicyclic) bond motifs is 3. The van der Waals surface area contributed by atoms with Crippen molar-refractivity contribution in [3.8, 4) is 0 Å². The van der Waals surface area contributed by atoms with Crippen LogP contribution in [0.15, 0.2) is 33.9 Å². The molecule has 0 saturated carbocycles. The van der Waals surface area contributed by atoms with E-state index >= 15 is 0 Å². The maximum absolute atomic E-state index is 12.0. The van der Waals surface area contributed by atoms with Crippen LogP contribution in [0.4, 0.5) is 0 Å². The number of aliphatic imine (C=N–C) groups is 1. The summed E-state index contributed by atoms with van der Waals surface area (Å²) in [5, 5.41) is 8.78. The Balaban J connectivity index is 2.02. The molecule has 0 fully saturated rings. The molecule has 0 saturated heterocycles. The summed E-state index contributed by atoms with van der Waals surface area (Å²) < 4.78 is 2.61. The molecule has 0 spiro atoms. The minimum Gasteiger partial charge on any atom is -0.481 e. The number of aryl methyl sites for hydroxylation is 1. The summed E-state index contributed by atoms with van der Waals surface area (Å²) in [5.74, 6) is -0.651. The number of carboxylic acids is 1. The molecule has 6 nitrogen and oxygen atoms in total. The van der Waals surface area contributed by atoms with Crippen LogP contribution in [0.5, 0.6) is 0 Å². The molecule has 1 aromatic heterocycles. The van der Waals surface area contributed by atoms with Crippen LogP contribution in [0.3, 0.4) is 0 Å². The number of aromatic nitrogens is 2. The lowest BCUT2D eigenvalue weighted by atomic mass is 10.0. The average molecular weight is 336 g/mol. The lowest BCUT2D eigenvalue weighted by molar-refractivity contribution is -0.137. The van der Waals surface area contributed by atoms with Crippen molar-refractivity contribution in [1.29, 1.82) is 0 Å². The van der Waals surface area contributed by atoms with Crippen molar-refractivity contribution < 1.29 is 14.7 Å². The number of allylic oxidation sites excluding steroid dienone is 4. The number of rotatable bonds is 3. The minimum atomic E-state index is -0.889. The third-order valence-corrected chi connectivity index (χ3v) is 3.68. The Labute approximate surface area is 122 Å². The third-order valence-electron chi connectivity index (χ3n) is 3.19. The number of aliphatic carboxylic acids is 1. The highest BCUT2D eigenvalue weighted by Gasteiger charge is 2.30. The first-order valence-electron chi connectivity index (χ1n) is 6.02. The molecule has 1 amide bonds. The number of hydrogen-bond acceptors (Lipinski definition) is 3. The van der Waals surface area contributed by atoms with Crippen LogP contribution in [0, 0.1) is 0 Å². The summed E-state index contributed by atoms with van der Waals surface area (Å²) in [6, 6.07) is -0.199. The molecule has 2 aliphatic rings. The lowest BCUT2D eigenvalue weighted by Crippen LogP contribution is -2.28. The number of amides is 1. The quantitative estimate of drug-likeness (QED) is 0.913. The Kier molecular flexibility index (Phi) is 3.13. The second kappa shape index (κ2) is 4.82. The highest BCUT2D eigenvalue weighted by atomic mass is 79.9. The summed E-state index contributed by atoms with van der Waals surface area (Å²) in [5.41, 5.74) is 1.03. The standard InChI is InChI=1S/C13H10BrN3O3/c14-7-1-2-9-8(5-7)16-13(20)10-6-15-11(17(9)10)3-4-12(18)19/h1-2,5-6,9H,3-4H2,(H,18,19). The van der Waals surface area contributed by atoms with Crippen molar-refractivity contribution in [3.63, 3.8) is 0 Å². The van der Waals surface area contributed by atoms with Gasteiger partial charge in [0, 0.05) is 10.9 Å². The Bertz CT molecular complexity index is 700. The van der Waals surface area contributed by atoms with E-state index in [1.807, 2.05) is 12.2 Å². The molecule has 0 aromatic carbocycles. The fraction of sp³-hybridized carbons (Fsp3) is 0.231. The molecule has 1 aliphatic heterocycles. The molecule has 0 radical (unpaired) electrons. The van der Waals surface area contributed by atoms with Crippen LogP contribution in [0.25, 0.3) is 0 Å². The third kappa shape index (κ3) is 2.14. The van der Waals surface area contributed by atoms with E-state index in [-0.39, 0.29) is 24.8 Å². The molecule has 0 bridgehead atoms. The van der Waals surface area contributed by atoms with Gasteiger partial charge in [0.1, 0.15) is 11.5 Å². The van der Waals surface area contributed by atoms with Crippen LogP contribution >= 0.6 is 15.9 Å². The SMILES string of the molecule is O=C(O)CCc1ncc2n1C1C=CC(Br)=CC1=NC2=O. The largest absolute Gasteiger partial charge is 0.481 e. The summed E-state index contributed by atoms with van der Waals surface area (Å²) in [4.78, 5) is 30.9. The van der Waals surface area contributed by atoms with Gasteiger partial charge in [0.15, 0.2) is 0 Å².